The number of hydrogen-bond donors (Lipinski definition) is 2. The van der Waals surface area contributed by atoms with Crippen molar-refractivity contribution in [2.75, 3.05) is 25.6 Å². The summed E-state index contributed by atoms with van der Waals surface area (Å²) in [6.07, 6.45) is 4.27. The number of aliphatic imine (C=N–C) groups is 1. The van der Waals surface area contributed by atoms with Gasteiger partial charge in [-0.3, -0.25) is 4.99 Å². The molecule has 0 aliphatic carbocycles. The van der Waals surface area contributed by atoms with Gasteiger partial charge in [-0.05, 0) is 43.7 Å². The topological polar surface area (TPSA) is 88.4 Å². The van der Waals surface area contributed by atoms with E-state index in [2.05, 4.69) is 20.7 Å². The van der Waals surface area contributed by atoms with Crippen LogP contribution in [0.5, 0.6) is 0 Å². The van der Waals surface area contributed by atoms with E-state index in [1.807, 2.05) is 19.2 Å². The molecule has 1 unspecified atom stereocenters. The lowest BCUT2D eigenvalue weighted by Crippen LogP contribution is -2.43. The number of benzene rings is 1. The maximum absolute atomic E-state index is 13.0. The minimum Gasteiger partial charge on any atom is -0.356 e. The minimum absolute atomic E-state index is 0. The van der Waals surface area contributed by atoms with Crippen LogP contribution in [0.2, 0.25) is 0 Å². The predicted molar refractivity (Wildman–Crippen MR) is 121 cm³/mol. The molecule has 10 heteroatoms. The lowest BCUT2D eigenvalue weighted by atomic mass is 10.2. The maximum Gasteiger partial charge on any atom is 0.191 e. The van der Waals surface area contributed by atoms with Crippen LogP contribution in [0.1, 0.15) is 19.0 Å². The molecule has 2 N–H and O–H groups in total. The summed E-state index contributed by atoms with van der Waals surface area (Å²) in [4.78, 5) is 4.15. The van der Waals surface area contributed by atoms with Crippen molar-refractivity contribution in [3.63, 3.8) is 0 Å². The van der Waals surface area contributed by atoms with E-state index in [-0.39, 0.29) is 41.6 Å². The molecule has 0 aliphatic heterocycles. The van der Waals surface area contributed by atoms with Crippen LogP contribution in [0.4, 0.5) is 4.39 Å². The van der Waals surface area contributed by atoms with Crippen molar-refractivity contribution in [1.82, 2.24) is 20.4 Å². The lowest BCUT2D eigenvalue weighted by molar-refractivity contribution is 0.581. The fraction of sp³-hybridized carbons (Fsp3) is 0.444. The summed E-state index contributed by atoms with van der Waals surface area (Å²) in [5, 5.41) is 10.8. The van der Waals surface area contributed by atoms with Gasteiger partial charge in [0.05, 0.1) is 17.1 Å². The van der Waals surface area contributed by atoms with Gasteiger partial charge in [0.1, 0.15) is 15.7 Å². The molecule has 28 heavy (non-hydrogen) atoms. The minimum atomic E-state index is -2.97. The second kappa shape index (κ2) is 11.3. The molecule has 2 rings (SSSR count). The summed E-state index contributed by atoms with van der Waals surface area (Å²) in [5.74, 6) is 0.479. The van der Waals surface area contributed by atoms with Crippen LogP contribution >= 0.6 is 24.0 Å². The Balaban J connectivity index is 0.00000392. The summed E-state index contributed by atoms with van der Waals surface area (Å²) in [6.45, 7) is 2.54. The third-order valence-electron chi connectivity index (χ3n) is 3.94. The van der Waals surface area contributed by atoms with E-state index < -0.39 is 9.84 Å². The Kier molecular flexibility index (Phi) is 9.87. The van der Waals surface area contributed by atoms with Gasteiger partial charge in [0.2, 0.25) is 0 Å². The van der Waals surface area contributed by atoms with Gasteiger partial charge in [-0.25, -0.2) is 17.5 Å². The van der Waals surface area contributed by atoms with Crippen molar-refractivity contribution in [1.29, 1.82) is 0 Å². The molecule has 0 bridgehead atoms. The van der Waals surface area contributed by atoms with Crippen molar-refractivity contribution in [2.45, 2.75) is 25.8 Å². The highest BCUT2D eigenvalue weighted by Gasteiger charge is 2.09. The Hall–Kier alpha value is -1.69. The van der Waals surface area contributed by atoms with Gasteiger partial charge in [0.15, 0.2) is 5.96 Å². The Morgan fingerprint density at radius 2 is 1.96 bits per heavy atom. The van der Waals surface area contributed by atoms with Crippen LogP contribution in [-0.2, 0) is 16.3 Å². The molecule has 0 amide bonds. The zero-order chi connectivity index (χ0) is 19.9. The van der Waals surface area contributed by atoms with Crippen LogP contribution < -0.4 is 10.6 Å². The molecule has 2 aromatic rings. The van der Waals surface area contributed by atoms with E-state index in [1.54, 1.807) is 23.9 Å². The van der Waals surface area contributed by atoms with Crippen molar-refractivity contribution < 1.29 is 12.8 Å². The van der Waals surface area contributed by atoms with E-state index in [0.29, 0.717) is 25.3 Å². The summed E-state index contributed by atoms with van der Waals surface area (Å²) in [5.41, 5.74) is 1.69. The standard InChI is InChI=1S/C18H26FN5O2S.HI/c1-14(10-13-27(3,25)26)22-18(20-2)21-11-8-16-9-12-24(23-16)17-6-4-15(19)5-7-17;/h4-7,9,12,14H,8,10-11,13H2,1-3H3,(H2,20,21,22);1H. The molecule has 1 atom stereocenters. The van der Waals surface area contributed by atoms with Gasteiger partial charge in [-0.2, -0.15) is 5.10 Å². The summed E-state index contributed by atoms with van der Waals surface area (Å²) in [7, 11) is -1.30. The second-order valence-corrected chi connectivity index (χ2v) is 8.70. The second-order valence-electron chi connectivity index (χ2n) is 6.44. The summed E-state index contributed by atoms with van der Waals surface area (Å²) < 4.78 is 37.2. The molecule has 0 saturated carbocycles. The molecule has 0 aliphatic rings. The van der Waals surface area contributed by atoms with Gasteiger partial charge in [-0.15, -0.1) is 24.0 Å². The van der Waals surface area contributed by atoms with Gasteiger partial charge in [0.25, 0.3) is 0 Å². The van der Waals surface area contributed by atoms with E-state index in [1.165, 1.54) is 18.4 Å². The molecular weight excluding hydrogens is 496 g/mol. The quantitative estimate of drug-likeness (QED) is 0.315. The molecule has 156 valence electrons. The van der Waals surface area contributed by atoms with E-state index in [4.69, 9.17) is 0 Å². The number of guanidine groups is 1. The number of hydrogen-bond acceptors (Lipinski definition) is 4. The van der Waals surface area contributed by atoms with Crippen molar-refractivity contribution in [3.8, 4) is 5.69 Å². The Bertz CT molecular complexity index is 868. The summed E-state index contributed by atoms with van der Waals surface area (Å²) in [6, 6.07) is 8.05. The van der Waals surface area contributed by atoms with Crippen molar-refractivity contribution in [2.24, 2.45) is 4.99 Å². The molecule has 0 spiro atoms. The van der Waals surface area contributed by atoms with Gasteiger partial charge < -0.3 is 10.6 Å². The highest BCUT2D eigenvalue weighted by molar-refractivity contribution is 14.0. The molecule has 1 heterocycles. The highest BCUT2D eigenvalue weighted by Crippen LogP contribution is 2.09. The first-order chi connectivity index (χ1) is 12.8. The summed E-state index contributed by atoms with van der Waals surface area (Å²) >= 11 is 0. The van der Waals surface area contributed by atoms with Gasteiger partial charge in [0, 0.05) is 38.5 Å². The molecule has 0 fully saturated rings. The fourth-order valence-corrected chi connectivity index (χ4v) is 3.21. The molecule has 1 aromatic heterocycles. The number of nitrogens with zero attached hydrogens (tertiary/aromatic N) is 3. The number of nitrogens with one attached hydrogen (secondary N) is 2. The first kappa shape index (κ1) is 24.3. The van der Waals surface area contributed by atoms with Gasteiger partial charge >= 0.3 is 0 Å². The lowest BCUT2D eigenvalue weighted by Gasteiger charge is -2.17. The van der Waals surface area contributed by atoms with E-state index >= 15 is 0 Å². The zero-order valence-corrected chi connectivity index (χ0v) is 19.4. The third kappa shape index (κ3) is 8.55. The van der Waals surface area contributed by atoms with Crippen LogP contribution in [-0.4, -0.2) is 55.8 Å². The maximum atomic E-state index is 13.0. The largest absolute Gasteiger partial charge is 0.356 e. The predicted octanol–water partition coefficient (Wildman–Crippen LogP) is 2.16. The van der Waals surface area contributed by atoms with Crippen LogP contribution in [0, 0.1) is 5.82 Å². The number of aromatic nitrogens is 2. The smallest absolute Gasteiger partial charge is 0.191 e. The van der Waals surface area contributed by atoms with Crippen LogP contribution in [0.3, 0.4) is 0 Å². The van der Waals surface area contributed by atoms with Crippen molar-refractivity contribution in [3.05, 3.63) is 48.0 Å². The average molecular weight is 523 g/mol. The van der Waals surface area contributed by atoms with Crippen LogP contribution in [0.15, 0.2) is 41.5 Å². The van der Waals surface area contributed by atoms with Crippen molar-refractivity contribution >= 4 is 39.8 Å². The normalized spacial score (nSPS) is 12.9. The zero-order valence-electron chi connectivity index (χ0n) is 16.2. The monoisotopic (exact) mass is 523 g/mol. The average Bonchev–Trinajstić information content (AvgIpc) is 3.08. The van der Waals surface area contributed by atoms with E-state index in [0.717, 1.165) is 11.4 Å². The molecular formula is C18H27FIN5O2S. The molecule has 7 nitrogen and oxygen atoms in total. The molecule has 0 saturated heterocycles. The number of rotatable bonds is 8. The number of sulfone groups is 1. The Morgan fingerprint density at radius 3 is 2.57 bits per heavy atom. The Labute approximate surface area is 182 Å². The Morgan fingerprint density at radius 1 is 1.29 bits per heavy atom. The van der Waals surface area contributed by atoms with E-state index in [9.17, 15) is 12.8 Å². The third-order valence-corrected chi connectivity index (χ3v) is 4.91. The first-order valence-corrected chi connectivity index (χ1v) is 10.8. The first-order valence-electron chi connectivity index (χ1n) is 8.72. The molecule has 1 aromatic carbocycles. The van der Waals surface area contributed by atoms with Crippen LogP contribution in [0.25, 0.3) is 5.69 Å². The highest BCUT2D eigenvalue weighted by atomic mass is 127. The molecule has 0 radical (unpaired) electrons. The van der Waals surface area contributed by atoms with Gasteiger partial charge in [-0.1, -0.05) is 0 Å². The SMILES string of the molecule is CN=C(NCCc1ccn(-c2ccc(F)cc2)n1)NC(C)CCS(C)(=O)=O.I. The fourth-order valence-electron chi connectivity index (χ4n) is 2.43. The number of halogens is 2.